The van der Waals surface area contributed by atoms with Crippen LogP contribution in [0, 0.1) is 0 Å². The highest BCUT2D eigenvalue weighted by molar-refractivity contribution is 5.95. The molecule has 0 radical (unpaired) electrons. The van der Waals surface area contributed by atoms with Crippen LogP contribution in [0.2, 0.25) is 0 Å². The number of carbonyl (C=O) groups is 1. The zero-order valence-corrected chi connectivity index (χ0v) is 10.6. The van der Waals surface area contributed by atoms with Gasteiger partial charge in [0.25, 0.3) is 5.91 Å². The molecule has 98 valence electrons. The molecule has 0 atom stereocenters. The molecule has 1 aromatic carbocycles. The Bertz CT molecular complexity index is 408. The summed E-state index contributed by atoms with van der Waals surface area (Å²) in [6, 6.07) is 5.03. The van der Waals surface area contributed by atoms with Gasteiger partial charge in [-0.3, -0.25) is 4.79 Å². The number of amides is 1. The third kappa shape index (κ3) is 4.10. The van der Waals surface area contributed by atoms with Gasteiger partial charge in [-0.05, 0) is 12.1 Å². The first-order valence-corrected chi connectivity index (χ1v) is 5.57. The van der Waals surface area contributed by atoms with E-state index in [9.17, 15) is 4.79 Å². The second kappa shape index (κ2) is 7.34. The van der Waals surface area contributed by atoms with E-state index in [1.54, 1.807) is 44.6 Å². The average Bonchev–Trinajstić information content (AvgIpc) is 2.42. The van der Waals surface area contributed by atoms with Gasteiger partial charge >= 0.3 is 0 Å². The van der Waals surface area contributed by atoms with E-state index in [-0.39, 0.29) is 5.91 Å². The molecule has 0 aliphatic carbocycles. The summed E-state index contributed by atoms with van der Waals surface area (Å²) < 4.78 is 10.2. The SMILES string of the molecule is COc1cc(OC)cc(C(=O)NC/C=C/CN)c1. The number of rotatable bonds is 6. The van der Waals surface area contributed by atoms with Gasteiger partial charge in [0, 0.05) is 24.7 Å². The number of carbonyl (C=O) groups excluding carboxylic acids is 1. The van der Waals surface area contributed by atoms with Gasteiger partial charge in [0.2, 0.25) is 0 Å². The molecule has 5 nitrogen and oxygen atoms in total. The fraction of sp³-hybridized carbons (Fsp3) is 0.308. The summed E-state index contributed by atoms with van der Waals surface area (Å²) in [5.74, 6) is 0.975. The molecule has 3 N–H and O–H groups in total. The van der Waals surface area contributed by atoms with Crippen molar-refractivity contribution >= 4 is 5.91 Å². The zero-order chi connectivity index (χ0) is 13.4. The highest BCUT2D eigenvalue weighted by Gasteiger charge is 2.08. The van der Waals surface area contributed by atoms with Crippen LogP contribution < -0.4 is 20.5 Å². The second-order valence-electron chi connectivity index (χ2n) is 3.52. The van der Waals surface area contributed by atoms with Gasteiger partial charge in [-0.25, -0.2) is 0 Å². The molecular weight excluding hydrogens is 232 g/mol. The van der Waals surface area contributed by atoms with Crippen molar-refractivity contribution in [2.45, 2.75) is 0 Å². The minimum atomic E-state index is -0.186. The van der Waals surface area contributed by atoms with Crippen LogP contribution in [0.15, 0.2) is 30.4 Å². The van der Waals surface area contributed by atoms with Crippen molar-refractivity contribution in [3.05, 3.63) is 35.9 Å². The van der Waals surface area contributed by atoms with E-state index >= 15 is 0 Å². The van der Waals surface area contributed by atoms with E-state index in [0.29, 0.717) is 30.2 Å². The summed E-state index contributed by atoms with van der Waals surface area (Å²) in [5.41, 5.74) is 5.79. The fourth-order valence-electron chi connectivity index (χ4n) is 1.37. The lowest BCUT2D eigenvalue weighted by Crippen LogP contribution is -2.23. The molecule has 18 heavy (non-hydrogen) atoms. The van der Waals surface area contributed by atoms with Crippen molar-refractivity contribution in [3.63, 3.8) is 0 Å². The molecule has 0 unspecified atom stereocenters. The van der Waals surface area contributed by atoms with E-state index < -0.39 is 0 Å². The Morgan fingerprint density at radius 1 is 1.22 bits per heavy atom. The first-order valence-electron chi connectivity index (χ1n) is 5.57. The predicted octanol–water partition coefficient (Wildman–Crippen LogP) is 0.948. The minimum absolute atomic E-state index is 0.186. The number of ether oxygens (including phenoxy) is 2. The molecule has 1 rings (SSSR count). The van der Waals surface area contributed by atoms with Crippen LogP contribution in [-0.4, -0.2) is 33.2 Å². The Morgan fingerprint density at radius 3 is 2.33 bits per heavy atom. The second-order valence-corrected chi connectivity index (χ2v) is 3.52. The molecule has 0 aromatic heterocycles. The molecule has 0 saturated carbocycles. The highest BCUT2D eigenvalue weighted by atomic mass is 16.5. The Balaban J connectivity index is 2.75. The Kier molecular flexibility index (Phi) is 5.73. The van der Waals surface area contributed by atoms with Gasteiger partial charge in [-0.2, -0.15) is 0 Å². The van der Waals surface area contributed by atoms with Crippen molar-refractivity contribution in [2.24, 2.45) is 5.73 Å². The predicted molar refractivity (Wildman–Crippen MR) is 70.1 cm³/mol. The van der Waals surface area contributed by atoms with E-state index in [2.05, 4.69) is 5.32 Å². The van der Waals surface area contributed by atoms with Gasteiger partial charge < -0.3 is 20.5 Å². The molecule has 0 bridgehead atoms. The molecule has 5 heteroatoms. The quantitative estimate of drug-likeness (QED) is 0.737. The maximum atomic E-state index is 11.9. The third-order valence-corrected chi connectivity index (χ3v) is 2.30. The van der Waals surface area contributed by atoms with E-state index in [1.807, 2.05) is 0 Å². The number of methoxy groups -OCH3 is 2. The summed E-state index contributed by atoms with van der Waals surface area (Å²) in [6.45, 7) is 0.901. The monoisotopic (exact) mass is 250 g/mol. The van der Waals surface area contributed by atoms with Crippen LogP contribution in [0.5, 0.6) is 11.5 Å². The van der Waals surface area contributed by atoms with Crippen molar-refractivity contribution in [2.75, 3.05) is 27.3 Å². The molecule has 0 fully saturated rings. The molecule has 0 heterocycles. The molecule has 0 aliphatic rings. The summed E-state index contributed by atoms with van der Waals surface area (Å²) in [6.07, 6.45) is 3.59. The molecule has 1 aromatic rings. The maximum absolute atomic E-state index is 11.9. The standard InChI is InChI=1S/C13H18N2O3/c1-17-11-7-10(8-12(9-11)18-2)13(16)15-6-4-3-5-14/h3-4,7-9H,5-6,14H2,1-2H3,(H,15,16)/b4-3+. The number of hydrogen-bond donors (Lipinski definition) is 2. The summed E-state index contributed by atoms with van der Waals surface area (Å²) in [7, 11) is 3.08. The lowest BCUT2D eigenvalue weighted by Gasteiger charge is -2.08. The molecule has 0 spiro atoms. The maximum Gasteiger partial charge on any atom is 0.251 e. The Labute approximate surface area is 107 Å². The molecule has 0 aliphatic heterocycles. The van der Waals surface area contributed by atoms with Crippen LogP contribution in [-0.2, 0) is 0 Å². The number of benzene rings is 1. The summed E-state index contributed by atoms with van der Waals surface area (Å²) in [5, 5.41) is 2.74. The van der Waals surface area contributed by atoms with Gasteiger partial charge in [0.05, 0.1) is 14.2 Å². The lowest BCUT2D eigenvalue weighted by atomic mass is 10.2. The Morgan fingerprint density at radius 2 is 1.83 bits per heavy atom. The van der Waals surface area contributed by atoms with Crippen molar-refractivity contribution in [1.29, 1.82) is 0 Å². The third-order valence-electron chi connectivity index (χ3n) is 2.30. The van der Waals surface area contributed by atoms with Crippen LogP contribution >= 0.6 is 0 Å². The molecular formula is C13H18N2O3. The van der Waals surface area contributed by atoms with Crippen molar-refractivity contribution in [1.82, 2.24) is 5.32 Å². The van der Waals surface area contributed by atoms with Crippen LogP contribution in [0.3, 0.4) is 0 Å². The average molecular weight is 250 g/mol. The topological polar surface area (TPSA) is 73.6 Å². The Hall–Kier alpha value is -2.01. The van der Waals surface area contributed by atoms with E-state index in [1.165, 1.54) is 0 Å². The molecule has 0 saturated heterocycles. The number of nitrogens with one attached hydrogen (secondary N) is 1. The summed E-state index contributed by atoms with van der Waals surface area (Å²) in [4.78, 5) is 11.9. The van der Waals surface area contributed by atoms with Crippen molar-refractivity contribution in [3.8, 4) is 11.5 Å². The summed E-state index contributed by atoms with van der Waals surface area (Å²) >= 11 is 0. The zero-order valence-electron chi connectivity index (χ0n) is 10.6. The fourth-order valence-corrected chi connectivity index (χ4v) is 1.37. The first kappa shape index (κ1) is 14.1. The number of hydrogen-bond acceptors (Lipinski definition) is 4. The van der Waals surface area contributed by atoms with Crippen LogP contribution in [0.4, 0.5) is 0 Å². The van der Waals surface area contributed by atoms with E-state index in [0.717, 1.165) is 0 Å². The number of nitrogens with two attached hydrogens (primary N) is 1. The normalized spacial score (nSPS) is 10.4. The first-order chi connectivity index (χ1) is 8.71. The minimum Gasteiger partial charge on any atom is -0.497 e. The van der Waals surface area contributed by atoms with Gasteiger partial charge in [-0.15, -0.1) is 0 Å². The van der Waals surface area contributed by atoms with E-state index in [4.69, 9.17) is 15.2 Å². The smallest absolute Gasteiger partial charge is 0.251 e. The van der Waals surface area contributed by atoms with Crippen molar-refractivity contribution < 1.29 is 14.3 Å². The van der Waals surface area contributed by atoms with Crippen LogP contribution in [0.1, 0.15) is 10.4 Å². The lowest BCUT2D eigenvalue weighted by molar-refractivity contribution is 0.0957. The van der Waals surface area contributed by atoms with Gasteiger partial charge in [0.15, 0.2) is 0 Å². The highest BCUT2D eigenvalue weighted by Crippen LogP contribution is 2.22. The van der Waals surface area contributed by atoms with Gasteiger partial charge in [-0.1, -0.05) is 12.2 Å². The largest absolute Gasteiger partial charge is 0.497 e. The van der Waals surface area contributed by atoms with Crippen LogP contribution in [0.25, 0.3) is 0 Å². The van der Waals surface area contributed by atoms with Gasteiger partial charge in [0.1, 0.15) is 11.5 Å². The molecule has 1 amide bonds.